The summed E-state index contributed by atoms with van der Waals surface area (Å²) < 4.78 is 0. The molecule has 4 heteroatoms. The number of carbonyl (C=O) groups excluding carboxylic acids is 1. The molecule has 17 heavy (non-hydrogen) atoms. The van der Waals surface area contributed by atoms with E-state index in [2.05, 4.69) is 10.3 Å². The molecule has 0 saturated carbocycles. The number of pyridine rings is 1. The summed E-state index contributed by atoms with van der Waals surface area (Å²) in [5.74, 6) is 0.207. The van der Waals surface area contributed by atoms with Gasteiger partial charge in [0, 0.05) is 31.9 Å². The molecule has 0 aliphatic carbocycles. The average Bonchev–Trinajstić information content (AvgIpc) is 2.90. The molecular formula is C13H19N3O. The average molecular weight is 233 g/mol. The van der Waals surface area contributed by atoms with E-state index in [4.69, 9.17) is 0 Å². The Labute approximate surface area is 102 Å². The number of nitrogens with one attached hydrogen (secondary N) is 1. The Hall–Kier alpha value is -1.42. The molecule has 1 amide bonds. The normalized spacial score (nSPS) is 19.2. The molecule has 1 aromatic heterocycles. The number of likely N-dealkylation sites (N-methyl/N-ethyl adjacent to an activating group) is 1. The smallest absolute Gasteiger partial charge is 0.239 e. The van der Waals surface area contributed by atoms with E-state index >= 15 is 0 Å². The molecular weight excluding hydrogens is 214 g/mol. The van der Waals surface area contributed by atoms with Gasteiger partial charge in [0.25, 0.3) is 0 Å². The van der Waals surface area contributed by atoms with E-state index in [1.54, 1.807) is 11.1 Å². The Kier molecular flexibility index (Phi) is 4.09. The van der Waals surface area contributed by atoms with E-state index in [0.29, 0.717) is 0 Å². The van der Waals surface area contributed by atoms with Crippen LogP contribution in [0, 0.1) is 0 Å². The van der Waals surface area contributed by atoms with Crippen LogP contribution in [0.25, 0.3) is 0 Å². The van der Waals surface area contributed by atoms with Gasteiger partial charge in [-0.1, -0.05) is 6.07 Å². The zero-order valence-electron chi connectivity index (χ0n) is 10.2. The third kappa shape index (κ3) is 3.27. The molecule has 1 aliphatic heterocycles. The molecule has 2 rings (SSSR count). The first-order valence-corrected chi connectivity index (χ1v) is 6.15. The van der Waals surface area contributed by atoms with Crippen LogP contribution in [0.4, 0.5) is 0 Å². The van der Waals surface area contributed by atoms with Gasteiger partial charge in [0.15, 0.2) is 0 Å². The number of rotatable bonds is 4. The van der Waals surface area contributed by atoms with Crippen molar-refractivity contribution in [3.05, 3.63) is 30.1 Å². The monoisotopic (exact) mass is 233 g/mol. The Morgan fingerprint density at radius 3 is 3.12 bits per heavy atom. The first kappa shape index (κ1) is 12.0. The highest BCUT2D eigenvalue weighted by Gasteiger charge is 2.24. The largest absolute Gasteiger partial charge is 0.344 e. The first-order valence-electron chi connectivity index (χ1n) is 6.15. The SMILES string of the molecule is CN(CCc1ccccn1)C(=O)C1CCCN1. The highest BCUT2D eigenvalue weighted by Crippen LogP contribution is 2.08. The van der Waals surface area contributed by atoms with E-state index < -0.39 is 0 Å². The van der Waals surface area contributed by atoms with E-state index in [9.17, 15) is 4.79 Å². The lowest BCUT2D eigenvalue weighted by Gasteiger charge is -2.20. The van der Waals surface area contributed by atoms with E-state index in [1.807, 2.05) is 25.2 Å². The van der Waals surface area contributed by atoms with Crippen LogP contribution >= 0.6 is 0 Å². The zero-order valence-corrected chi connectivity index (χ0v) is 10.2. The van der Waals surface area contributed by atoms with Crippen molar-refractivity contribution in [1.29, 1.82) is 0 Å². The molecule has 0 radical (unpaired) electrons. The molecule has 0 spiro atoms. The summed E-state index contributed by atoms with van der Waals surface area (Å²) in [6.07, 6.45) is 4.67. The predicted molar refractivity (Wildman–Crippen MR) is 66.6 cm³/mol. The summed E-state index contributed by atoms with van der Waals surface area (Å²) in [6, 6.07) is 5.90. The minimum atomic E-state index is 0.0312. The van der Waals surface area contributed by atoms with Crippen molar-refractivity contribution in [2.24, 2.45) is 0 Å². The molecule has 1 atom stereocenters. The number of nitrogens with zero attached hydrogens (tertiary/aromatic N) is 2. The van der Waals surface area contributed by atoms with Gasteiger partial charge in [-0.3, -0.25) is 9.78 Å². The minimum Gasteiger partial charge on any atom is -0.344 e. The van der Waals surface area contributed by atoms with E-state index in [1.165, 1.54) is 0 Å². The van der Waals surface area contributed by atoms with Crippen LogP contribution in [-0.2, 0) is 11.2 Å². The molecule has 1 aromatic rings. The van der Waals surface area contributed by atoms with Crippen LogP contribution in [0.1, 0.15) is 18.5 Å². The molecule has 1 aliphatic rings. The lowest BCUT2D eigenvalue weighted by Crippen LogP contribution is -2.42. The summed E-state index contributed by atoms with van der Waals surface area (Å²) in [7, 11) is 1.87. The Balaban J connectivity index is 1.80. The van der Waals surface area contributed by atoms with Crippen LogP contribution in [0.5, 0.6) is 0 Å². The maximum absolute atomic E-state index is 12.0. The number of amides is 1. The maximum Gasteiger partial charge on any atom is 0.239 e. The molecule has 2 heterocycles. The van der Waals surface area contributed by atoms with Crippen molar-refractivity contribution in [1.82, 2.24) is 15.2 Å². The standard InChI is InChI=1S/C13H19N3O/c1-16(13(17)12-6-4-9-15-12)10-7-11-5-2-3-8-14-11/h2-3,5,8,12,15H,4,6-7,9-10H2,1H3. The van der Waals surface area contributed by atoms with Gasteiger partial charge in [-0.25, -0.2) is 0 Å². The van der Waals surface area contributed by atoms with Gasteiger partial charge in [0.2, 0.25) is 5.91 Å². The number of hydrogen-bond acceptors (Lipinski definition) is 3. The van der Waals surface area contributed by atoms with Crippen molar-refractivity contribution in [2.75, 3.05) is 20.1 Å². The summed E-state index contributed by atoms with van der Waals surface area (Å²) in [5.41, 5.74) is 1.03. The predicted octanol–water partition coefficient (Wildman–Crippen LogP) is 0.834. The summed E-state index contributed by atoms with van der Waals surface area (Å²) >= 11 is 0. The van der Waals surface area contributed by atoms with Gasteiger partial charge in [-0.2, -0.15) is 0 Å². The third-order valence-corrected chi connectivity index (χ3v) is 3.16. The van der Waals surface area contributed by atoms with Crippen LogP contribution < -0.4 is 5.32 Å². The second kappa shape index (κ2) is 5.77. The lowest BCUT2D eigenvalue weighted by atomic mass is 10.2. The number of aromatic nitrogens is 1. The summed E-state index contributed by atoms with van der Waals surface area (Å²) in [4.78, 5) is 18.1. The lowest BCUT2D eigenvalue weighted by molar-refractivity contribution is -0.131. The Morgan fingerprint density at radius 1 is 1.59 bits per heavy atom. The van der Waals surface area contributed by atoms with Crippen molar-refractivity contribution in [3.8, 4) is 0 Å². The molecule has 1 fully saturated rings. The third-order valence-electron chi connectivity index (χ3n) is 3.16. The second-order valence-electron chi connectivity index (χ2n) is 4.48. The van der Waals surface area contributed by atoms with Crippen LogP contribution in [0.3, 0.4) is 0 Å². The molecule has 1 N–H and O–H groups in total. The quantitative estimate of drug-likeness (QED) is 0.838. The molecule has 4 nitrogen and oxygen atoms in total. The fraction of sp³-hybridized carbons (Fsp3) is 0.538. The Morgan fingerprint density at radius 2 is 2.47 bits per heavy atom. The zero-order chi connectivity index (χ0) is 12.1. The van der Waals surface area contributed by atoms with Gasteiger partial charge >= 0.3 is 0 Å². The van der Waals surface area contributed by atoms with Gasteiger partial charge in [0.05, 0.1) is 6.04 Å². The van der Waals surface area contributed by atoms with Gasteiger partial charge in [-0.05, 0) is 31.5 Å². The fourth-order valence-electron chi connectivity index (χ4n) is 2.10. The second-order valence-corrected chi connectivity index (χ2v) is 4.48. The van der Waals surface area contributed by atoms with Gasteiger partial charge in [0.1, 0.15) is 0 Å². The van der Waals surface area contributed by atoms with Crippen molar-refractivity contribution in [3.63, 3.8) is 0 Å². The maximum atomic E-state index is 12.0. The topological polar surface area (TPSA) is 45.2 Å². The van der Waals surface area contributed by atoms with Crippen molar-refractivity contribution in [2.45, 2.75) is 25.3 Å². The van der Waals surface area contributed by atoms with Crippen LogP contribution in [0.2, 0.25) is 0 Å². The highest BCUT2D eigenvalue weighted by atomic mass is 16.2. The fourth-order valence-corrected chi connectivity index (χ4v) is 2.10. The highest BCUT2D eigenvalue weighted by molar-refractivity contribution is 5.81. The van der Waals surface area contributed by atoms with Gasteiger partial charge in [-0.15, -0.1) is 0 Å². The van der Waals surface area contributed by atoms with Crippen LogP contribution in [-0.4, -0.2) is 42.0 Å². The molecule has 0 aromatic carbocycles. The van der Waals surface area contributed by atoms with Crippen molar-refractivity contribution >= 4 is 5.91 Å². The van der Waals surface area contributed by atoms with Crippen LogP contribution in [0.15, 0.2) is 24.4 Å². The van der Waals surface area contributed by atoms with Gasteiger partial charge < -0.3 is 10.2 Å². The number of hydrogen-bond donors (Lipinski definition) is 1. The number of carbonyl (C=O) groups is 1. The molecule has 92 valence electrons. The minimum absolute atomic E-state index is 0.0312. The van der Waals surface area contributed by atoms with E-state index in [0.717, 1.165) is 38.0 Å². The molecule has 1 unspecified atom stereocenters. The summed E-state index contributed by atoms with van der Waals surface area (Å²) in [6.45, 7) is 1.69. The molecule has 0 bridgehead atoms. The summed E-state index contributed by atoms with van der Waals surface area (Å²) in [5, 5.41) is 3.23. The van der Waals surface area contributed by atoms with Crippen molar-refractivity contribution < 1.29 is 4.79 Å². The Bertz CT molecular complexity index is 360. The van der Waals surface area contributed by atoms with E-state index in [-0.39, 0.29) is 11.9 Å². The molecule has 1 saturated heterocycles. The first-order chi connectivity index (χ1) is 8.27.